The van der Waals surface area contributed by atoms with Crippen molar-refractivity contribution in [1.29, 1.82) is 0 Å². The van der Waals surface area contributed by atoms with Crippen LogP contribution in [0.5, 0.6) is 0 Å². The van der Waals surface area contributed by atoms with Crippen LogP contribution in [0.25, 0.3) is 0 Å². The van der Waals surface area contributed by atoms with Crippen molar-refractivity contribution in [2.24, 2.45) is 5.92 Å². The van der Waals surface area contributed by atoms with E-state index in [1.54, 1.807) is 6.92 Å². The minimum atomic E-state index is -0.760. The van der Waals surface area contributed by atoms with Crippen molar-refractivity contribution in [3.8, 4) is 0 Å². The molecule has 0 rings (SSSR count). The monoisotopic (exact) mass is 187 g/mol. The molecule has 0 spiro atoms. The van der Waals surface area contributed by atoms with Gasteiger partial charge in [-0.25, -0.2) is 0 Å². The Balaban J connectivity index is 4.25. The highest BCUT2D eigenvalue weighted by Crippen LogP contribution is 2.16. The van der Waals surface area contributed by atoms with Crippen LogP contribution < -0.4 is 5.32 Å². The van der Waals surface area contributed by atoms with Crippen LogP contribution in [0.2, 0.25) is 0 Å². The maximum atomic E-state index is 11.0. The Morgan fingerprint density at radius 2 is 2.08 bits per heavy atom. The molecule has 1 atom stereocenters. The molecule has 0 radical (unpaired) electrons. The van der Waals surface area contributed by atoms with E-state index in [2.05, 4.69) is 5.32 Å². The third-order valence-electron chi connectivity index (χ3n) is 2.05. The first-order chi connectivity index (χ1) is 5.92. The average Bonchev–Trinajstić information content (AvgIpc) is 1.99. The van der Waals surface area contributed by atoms with Crippen molar-refractivity contribution < 1.29 is 9.90 Å². The van der Waals surface area contributed by atoms with Crippen molar-refractivity contribution in [2.75, 3.05) is 6.54 Å². The first-order valence-electron chi connectivity index (χ1n) is 4.90. The summed E-state index contributed by atoms with van der Waals surface area (Å²) < 4.78 is 0. The second-order valence-corrected chi connectivity index (χ2v) is 4.16. The summed E-state index contributed by atoms with van der Waals surface area (Å²) in [6, 6.07) is 0. The molecule has 2 N–H and O–H groups in total. The van der Waals surface area contributed by atoms with Crippen molar-refractivity contribution in [2.45, 2.75) is 46.1 Å². The van der Waals surface area contributed by atoms with Gasteiger partial charge in [0.05, 0.1) is 0 Å². The van der Waals surface area contributed by atoms with E-state index in [-0.39, 0.29) is 0 Å². The number of hydrogen-bond donors (Lipinski definition) is 2. The van der Waals surface area contributed by atoms with Gasteiger partial charge in [-0.2, -0.15) is 0 Å². The second-order valence-electron chi connectivity index (χ2n) is 4.16. The molecule has 0 aromatic heterocycles. The van der Waals surface area contributed by atoms with E-state index >= 15 is 0 Å². The predicted molar refractivity (Wildman–Crippen MR) is 53.8 cm³/mol. The molecule has 3 nitrogen and oxygen atoms in total. The number of carbonyl (C=O) groups is 1. The zero-order chi connectivity index (χ0) is 10.5. The van der Waals surface area contributed by atoms with Gasteiger partial charge in [-0.05, 0) is 32.2 Å². The van der Waals surface area contributed by atoms with Crippen LogP contribution in [0.3, 0.4) is 0 Å². The van der Waals surface area contributed by atoms with Gasteiger partial charge in [-0.15, -0.1) is 0 Å². The molecule has 3 heteroatoms. The molecular weight excluding hydrogens is 166 g/mol. The van der Waals surface area contributed by atoms with Gasteiger partial charge in [0.2, 0.25) is 0 Å². The maximum Gasteiger partial charge on any atom is 0.323 e. The molecule has 0 aliphatic rings. The molecule has 13 heavy (non-hydrogen) atoms. The normalized spacial score (nSPS) is 15.8. The lowest BCUT2D eigenvalue weighted by Gasteiger charge is -2.27. The summed E-state index contributed by atoms with van der Waals surface area (Å²) in [6.45, 7) is 8.62. The van der Waals surface area contributed by atoms with Gasteiger partial charge >= 0.3 is 5.97 Å². The highest BCUT2D eigenvalue weighted by atomic mass is 16.4. The summed E-state index contributed by atoms with van der Waals surface area (Å²) in [6.07, 6.45) is 1.63. The van der Waals surface area contributed by atoms with Gasteiger partial charge < -0.3 is 10.4 Å². The second kappa shape index (κ2) is 5.22. The SMILES string of the molecule is CCCNC(C)(CC(C)C)C(=O)O. The van der Waals surface area contributed by atoms with Crippen LogP contribution >= 0.6 is 0 Å². The first kappa shape index (κ1) is 12.4. The predicted octanol–water partition coefficient (Wildman–Crippen LogP) is 1.88. The van der Waals surface area contributed by atoms with Crippen LogP contribution in [0.1, 0.15) is 40.5 Å². The van der Waals surface area contributed by atoms with Crippen LogP contribution in [0.4, 0.5) is 0 Å². The third kappa shape index (κ3) is 4.27. The van der Waals surface area contributed by atoms with Crippen molar-refractivity contribution in [3.63, 3.8) is 0 Å². The number of carboxylic acids is 1. The van der Waals surface area contributed by atoms with Gasteiger partial charge in [0.1, 0.15) is 5.54 Å². The van der Waals surface area contributed by atoms with Crippen molar-refractivity contribution in [3.05, 3.63) is 0 Å². The molecule has 0 aliphatic heterocycles. The van der Waals surface area contributed by atoms with Crippen LogP contribution in [0.15, 0.2) is 0 Å². The van der Waals surface area contributed by atoms with Gasteiger partial charge in [-0.3, -0.25) is 4.79 Å². The summed E-state index contributed by atoms with van der Waals surface area (Å²) >= 11 is 0. The smallest absolute Gasteiger partial charge is 0.323 e. The molecule has 78 valence electrons. The van der Waals surface area contributed by atoms with Gasteiger partial charge in [0.25, 0.3) is 0 Å². The van der Waals surface area contributed by atoms with Crippen LogP contribution in [-0.2, 0) is 4.79 Å². The first-order valence-corrected chi connectivity index (χ1v) is 4.90. The molecule has 0 amide bonds. The van der Waals surface area contributed by atoms with Gasteiger partial charge in [0, 0.05) is 0 Å². The number of aliphatic carboxylic acids is 1. The summed E-state index contributed by atoms with van der Waals surface area (Å²) in [4.78, 5) is 11.0. The van der Waals surface area contributed by atoms with Crippen molar-refractivity contribution >= 4 is 5.97 Å². The largest absolute Gasteiger partial charge is 0.480 e. The Morgan fingerprint density at radius 1 is 1.54 bits per heavy atom. The van der Waals surface area contributed by atoms with Crippen molar-refractivity contribution in [1.82, 2.24) is 5.32 Å². The molecule has 0 aromatic rings. The Kier molecular flexibility index (Phi) is 4.99. The molecular formula is C10H21NO2. The molecule has 1 unspecified atom stereocenters. The highest BCUT2D eigenvalue weighted by Gasteiger charge is 2.32. The minimum absolute atomic E-state index is 0.394. The molecule has 0 aliphatic carbocycles. The van der Waals surface area contributed by atoms with E-state index in [0.717, 1.165) is 13.0 Å². The maximum absolute atomic E-state index is 11.0. The van der Waals surface area contributed by atoms with E-state index in [1.165, 1.54) is 0 Å². The Bertz CT molecular complexity index is 168. The van der Waals surface area contributed by atoms with Crippen LogP contribution in [-0.4, -0.2) is 23.2 Å². The fraction of sp³-hybridized carbons (Fsp3) is 0.900. The molecule has 0 saturated heterocycles. The summed E-state index contributed by atoms with van der Waals surface area (Å²) in [5.41, 5.74) is -0.760. The van der Waals surface area contributed by atoms with Gasteiger partial charge in [-0.1, -0.05) is 20.8 Å². The highest BCUT2D eigenvalue weighted by molar-refractivity contribution is 5.78. The zero-order valence-corrected chi connectivity index (χ0v) is 9.05. The van der Waals surface area contributed by atoms with E-state index in [9.17, 15) is 4.79 Å². The Hall–Kier alpha value is -0.570. The van der Waals surface area contributed by atoms with Gasteiger partial charge in [0.15, 0.2) is 0 Å². The quantitative estimate of drug-likeness (QED) is 0.667. The molecule has 0 aromatic carbocycles. The standard InChI is InChI=1S/C10H21NO2/c1-5-6-11-10(4,9(12)13)7-8(2)3/h8,11H,5-7H2,1-4H3,(H,12,13). The molecule has 0 heterocycles. The van der Waals surface area contributed by atoms with E-state index in [0.29, 0.717) is 12.3 Å². The summed E-state index contributed by atoms with van der Waals surface area (Å²) in [5, 5.41) is 12.1. The number of hydrogen-bond acceptors (Lipinski definition) is 2. The number of nitrogens with one attached hydrogen (secondary N) is 1. The fourth-order valence-corrected chi connectivity index (χ4v) is 1.45. The lowest BCUT2D eigenvalue weighted by atomic mass is 9.91. The molecule has 0 fully saturated rings. The zero-order valence-electron chi connectivity index (χ0n) is 9.05. The van der Waals surface area contributed by atoms with E-state index in [1.807, 2.05) is 20.8 Å². The lowest BCUT2D eigenvalue weighted by molar-refractivity contribution is -0.144. The van der Waals surface area contributed by atoms with Crippen LogP contribution in [0, 0.1) is 5.92 Å². The minimum Gasteiger partial charge on any atom is -0.480 e. The van der Waals surface area contributed by atoms with E-state index < -0.39 is 11.5 Å². The fourth-order valence-electron chi connectivity index (χ4n) is 1.45. The molecule has 0 saturated carbocycles. The lowest BCUT2D eigenvalue weighted by Crippen LogP contribution is -2.50. The summed E-state index contributed by atoms with van der Waals surface area (Å²) in [7, 11) is 0. The average molecular weight is 187 g/mol. The third-order valence-corrected chi connectivity index (χ3v) is 2.05. The Morgan fingerprint density at radius 3 is 2.38 bits per heavy atom. The number of carboxylic acid groups (broad SMARTS) is 1. The topological polar surface area (TPSA) is 49.3 Å². The molecule has 0 bridgehead atoms. The summed E-state index contributed by atoms with van der Waals surface area (Å²) in [5.74, 6) is -0.361. The number of rotatable bonds is 6. The van der Waals surface area contributed by atoms with E-state index in [4.69, 9.17) is 5.11 Å². The Labute approximate surface area is 80.5 Å².